The van der Waals surface area contributed by atoms with Gasteiger partial charge in [0.1, 0.15) is 12.4 Å². The molecular weight excluding hydrogens is 353 g/mol. The molecule has 1 aliphatic rings. The minimum absolute atomic E-state index is 0.0923. The molecule has 5 heteroatoms. The average Bonchev–Trinajstić information content (AvgIpc) is 2.73. The number of hydrogen-bond donors (Lipinski definition) is 0. The van der Waals surface area contributed by atoms with Crippen molar-refractivity contribution in [2.45, 2.75) is 39.2 Å². The number of likely N-dealkylation sites (tertiary alicyclic amines) is 1. The van der Waals surface area contributed by atoms with E-state index in [2.05, 4.69) is 29.8 Å². The van der Waals surface area contributed by atoms with Gasteiger partial charge >= 0.3 is 0 Å². The van der Waals surface area contributed by atoms with Crippen molar-refractivity contribution in [2.75, 3.05) is 19.6 Å². The lowest BCUT2D eigenvalue weighted by Crippen LogP contribution is -2.34. The first kappa shape index (κ1) is 20.0. The zero-order valence-corrected chi connectivity index (χ0v) is 16.5. The summed E-state index contributed by atoms with van der Waals surface area (Å²) in [4.78, 5) is 7.14. The van der Waals surface area contributed by atoms with Gasteiger partial charge < -0.3 is 4.74 Å². The molecule has 2 heterocycles. The highest BCUT2D eigenvalue weighted by Crippen LogP contribution is 2.28. The summed E-state index contributed by atoms with van der Waals surface area (Å²) in [5.74, 6) is 0.504. The third-order valence-electron chi connectivity index (χ3n) is 5.27. The van der Waals surface area contributed by atoms with Crippen molar-refractivity contribution in [3.05, 3.63) is 70.7 Å². The molecule has 0 bridgehead atoms. The lowest BCUT2D eigenvalue weighted by molar-refractivity contribution is 0.225. The number of hydrogen-bond acceptors (Lipinski definition) is 4. The molecule has 146 valence electrons. The molecule has 0 amide bonds. The highest BCUT2D eigenvalue weighted by molar-refractivity contribution is 5.32. The summed E-state index contributed by atoms with van der Waals surface area (Å²) in [6.07, 6.45) is 4.33. The second-order valence-corrected chi connectivity index (χ2v) is 7.29. The van der Waals surface area contributed by atoms with E-state index in [0.29, 0.717) is 22.9 Å². The number of halogens is 1. The molecule has 1 fully saturated rings. The minimum Gasteiger partial charge on any atom is -0.473 e. The van der Waals surface area contributed by atoms with Crippen LogP contribution in [0.1, 0.15) is 49.4 Å². The molecule has 0 radical (unpaired) electrons. The predicted octanol–water partition coefficient (Wildman–Crippen LogP) is 4.82. The fraction of sp³-hybridized carbons (Fsp3) is 0.391. The zero-order chi connectivity index (χ0) is 19.9. The standard InChI is InChI=1S/C23H26FN3O/c1-3-17(2)15-27-11-9-19(10-12-27)22-5-4-6-23(26-22)28-16-20-8-7-18(14-25)13-21(20)24/h3-8,13,19H,9-12,15-16H2,1-2H3. The van der Waals surface area contributed by atoms with Gasteiger partial charge in [0.25, 0.3) is 0 Å². The number of ether oxygens (including phenoxy) is 1. The van der Waals surface area contributed by atoms with Gasteiger partial charge in [0.05, 0.1) is 11.6 Å². The van der Waals surface area contributed by atoms with Crippen LogP contribution in [0.5, 0.6) is 5.88 Å². The number of nitriles is 1. The van der Waals surface area contributed by atoms with Crippen LogP contribution in [0.2, 0.25) is 0 Å². The highest BCUT2D eigenvalue weighted by atomic mass is 19.1. The number of aromatic nitrogens is 1. The summed E-state index contributed by atoms with van der Waals surface area (Å²) in [6, 6.07) is 12.1. The Morgan fingerprint density at radius 2 is 2.11 bits per heavy atom. The van der Waals surface area contributed by atoms with Crippen LogP contribution in [0.25, 0.3) is 0 Å². The Hall–Kier alpha value is -2.71. The van der Waals surface area contributed by atoms with Gasteiger partial charge in [-0.25, -0.2) is 9.37 Å². The maximum atomic E-state index is 14.0. The molecule has 2 aromatic rings. The Morgan fingerprint density at radius 1 is 1.32 bits per heavy atom. The Labute approximate surface area is 166 Å². The fourth-order valence-corrected chi connectivity index (χ4v) is 3.45. The summed E-state index contributed by atoms with van der Waals surface area (Å²) in [6.45, 7) is 7.52. The summed E-state index contributed by atoms with van der Waals surface area (Å²) in [5, 5.41) is 8.82. The topological polar surface area (TPSA) is 49.1 Å². The molecule has 28 heavy (non-hydrogen) atoms. The van der Waals surface area contributed by atoms with Crippen LogP contribution < -0.4 is 4.74 Å². The second kappa shape index (κ2) is 9.48. The normalized spacial score (nSPS) is 16.0. The van der Waals surface area contributed by atoms with Crippen molar-refractivity contribution in [1.29, 1.82) is 5.26 Å². The average molecular weight is 379 g/mol. The summed E-state index contributed by atoms with van der Waals surface area (Å²) >= 11 is 0. The fourth-order valence-electron chi connectivity index (χ4n) is 3.45. The van der Waals surface area contributed by atoms with E-state index in [4.69, 9.17) is 10.00 Å². The summed E-state index contributed by atoms with van der Waals surface area (Å²) in [5.41, 5.74) is 3.17. The first-order chi connectivity index (χ1) is 13.6. The molecule has 0 unspecified atom stereocenters. The SMILES string of the molecule is CC=C(C)CN1CCC(c2cccc(OCc3ccc(C#N)cc3F)n2)CC1. The van der Waals surface area contributed by atoms with Gasteiger partial charge in [-0.2, -0.15) is 5.26 Å². The smallest absolute Gasteiger partial charge is 0.213 e. The Kier molecular flexibility index (Phi) is 6.78. The van der Waals surface area contributed by atoms with Crippen LogP contribution in [-0.4, -0.2) is 29.5 Å². The molecule has 0 saturated carbocycles. The van der Waals surface area contributed by atoms with Crippen molar-refractivity contribution >= 4 is 0 Å². The second-order valence-electron chi connectivity index (χ2n) is 7.29. The summed E-state index contributed by atoms with van der Waals surface area (Å²) in [7, 11) is 0. The molecule has 1 saturated heterocycles. The highest BCUT2D eigenvalue weighted by Gasteiger charge is 2.22. The van der Waals surface area contributed by atoms with Crippen molar-refractivity contribution in [2.24, 2.45) is 0 Å². The first-order valence-corrected chi connectivity index (χ1v) is 9.71. The molecule has 4 nitrogen and oxygen atoms in total. The molecule has 0 spiro atoms. The Morgan fingerprint density at radius 3 is 2.79 bits per heavy atom. The number of pyridine rings is 1. The molecule has 1 aromatic carbocycles. The van der Waals surface area contributed by atoms with Crippen LogP contribution in [0.4, 0.5) is 4.39 Å². The van der Waals surface area contributed by atoms with E-state index in [0.717, 1.165) is 38.2 Å². The summed E-state index contributed by atoms with van der Waals surface area (Å²) < 4.78 is 19.7. The monoisotopic (exact) mass is 379 g/mol. The molecule has 1 aliphatic heterocycles. The van der Waals surface area contributed by atoms with Crippen molar-refractivity contribution in [1.82, 2.24) is 9.88 Å². The van der Waals surface area contributed by atoms with Crippen LogP contribution in [0.15, 0.2) is 48.0 Å². The van der Waals surface area contributed by atoms with E-state index in [9.17, 15) is 4.39 Å². The maximum Gasteiger partial charge on any atom is 0.213 e. The molecule has 0 N–H and O–H groups in total. The van der Waals surface area contributed by atoms with Crippen molar-refractivity contribution < 1.29 is 9.13 Å². The number of allylic oxidation sites excluding steroid dienone is 1. The van der Waals surface area contributed by atoms with E-state index in [1.165, 1.54) is 11.6 Å². The van der Waals surface area contributed by atoms with Gasteiger partial charge in [-0.15, -0.1) is 0 Å². The number of benzene rings is 1. The van der Waals surface area contributed by atoms with Crippen LogP contribution in [0, 0.1) is 17.1 Å². The third kappa shape index (κ3) is 5.17. The number of rotatable bonds is 6. The number of piperidine rings is 1. The number of nitrogens with zero attached hydrogens (tertiary/aromatic N) is 3. The minimum atomic E-state index is -0.431. The van der Waals surface area contributed by atoms with Crippen LogP contribution in [0.3, 0.4) is 0 Å². The maximum absolute atomic E-state index is 14.0. The van der Waals surface area contributed by atoms with Gasteiger partial charge in [0.15, 0.2) is 0 Å². The Balaban J connectivity index is 1.58. The molecular formula is C23H26FN3O. The van der Waals surface area contributed by atoms with E-state index < -0.39 is 5.82 Å². The van der Waals surface area contributed by atoms with Gasteiger partial charge in [-0.3, -0.25) is 4.90 Å². The van der Waals surface area contributed by atoms with Crippen molar-refractivity contribution in [3.8, 4) is 11.9 Å². The Bertz CT molecular complexity index is 880. The lowest BCUT2D eigenvalue weighted by Gasteiger charge is -2.32. The lowest BCUT2D eigenvalue weighted by atomic mass is 9.93. The van der Waals surface area contributed by atoms with Gasteiger partial charge in [0.2, 0.25) is 5.88 Å². The van der Waals surface area contributed by atoms with E-state index in [1.807, 2.05) is 18.2 Å². The molecule has 1 aromatic heterocycles. The van der Waals surface area contributed by atoms with E-state index in [-0.39, 0.29) is 6.61 Å². The van der Waals surface area contributed by atoms with Gasteiger partial charge in [-0.1, -0.05) is 23.8 Å². The molecule has 3 rings (SSSR count). The van der Waals surface area contributed by atoms with Crippen LogP contribution in [-0.2, 0) is 6.61 Å². The van der Waals surface area contributed by atoms with Crippen molar-refractivity contribution in [3.63, 3.8) is 0 Å². The molecule has 0 aliphatic carbocycles. The van der Waals surface area contributed by atoms with E-state index >= 15 is 0 Å². The van der Waals surface area contributed by atoms with Gasteiger partial charge in [-0.05, 0) is 58.0 Å². The first-order valence-electron chi connectivity index (χ1n) is 9.71. The zero-order valence-electron chi connectivity index (χ0n) is 16.5. The predicted molar refractivity (Wildman–Crippen MR) is 108 cm³/mol. The third-order valence-corrected chi connectivity index (χ3v) is 5.27. The van der Waals surface area contributed by atoms with Crippen LogP contribution >= 0.6 is 0 Å². The van der Waals surface area contributed by atoms with Gasteiger partial charge in [0, 0.05) is 29.8 Å². The molecule has 0 atom stereocenters. The van der Waals surface area contributed by atoms with E-state index in [1.54, 1.807) is 18.2 Å². The quantitative estimate of drug-likeness (QED) is 0.676. The largest absolute Gasteiger partial charge is 0.473 e.